The van der Waals surface area contributed by atoms with Crippen molar-refractivity contribution in [2.24, 2.45) is 0 Å². The van der Waals surface area contributed by atoms with Crippen LogP contribution in [0, 0.1) is 20.2 Å². The summed E-state index contributed by atoms with van der Waals surface area (Å²) >= 11 is 0. The Labute approximate surface area is 143 Å². The summed E-state index contributed by atoms with van der Waals surface area (Å²) in [7, 11) is -3.68. The number of sulfone groups is 1. The minimum atomic E-state index is -3.68. The lowest BCUT2D eigenvalue weighted by atomic mass is 9.86. The molecule has 0 aromatic heterocycles. The average Bonchev–Trinajstić information content (AvgIpc) is 2.91. The van der Waals surface area contributed by atoms with E-state index in [1.807, 2.05) is 0 Å². The molecule has 0 bridgehead atoms. The van der Waals surface area contributed by atoms with Crippen molar-refractivity contribution in [1.82, 2.24) is 0 Å². The van der Waals surface area contributed by atoms with E-state index in [4.69, 9.17) is 0 Å². The number of nitro groups is 2. The predicted molar refractivity (Wildman–Crippen MR) is 90.0 cm³/mol. The van der Waals surface area contributed by atoms with E-state index in [9.17, 15) is 28.6 Å². The highest BCUT2D eigenvalue weighted by molar-refractivity contribution is 7.92. The van der Waals surface area contributed by atoms with Crippen LogP contribution in [0.5, 0.6) is 0 Å². The highest BCUT2D eigenvalue weighted by Crippen LogP contribution is 2.48. The van der Waals surface area contributed by atoms with Gasteiger partial charge in [0.15, 0.2) is 9.84 Å². The first-order valence-electron chi connectivity index (χ1n) is 7.50. The van der Waals surface area contributed by atoms with Gasteiger partial charge in [0, 0.05) is 24.3 Å². The average molecular weight is 362 g/mol. The lowest BCUT2D eigenvalue weighted by Crippen LogP contribution is -2.33. The van der Waals surface area contributed by atoms with Crippen molar-refractivity contribution in [3.05, 3.63) is 79.9 Å². The Bertz CT molecular complexity index is 913. The fraction of sp³-hybridized carbons (Fsp3) is 0.250. The molecule has 1 aliphatic heterocycles. The monoisotopic (exact) mass is 362 g/mol. The number of non-ortho nitro benzene ring substituents is 2. The van der Waals surface area contributed by atoms with Crippen LogP contribution in [0.15, 0.2) is 48.5 Å². The first-order chi connectivity index (χ1) is 11.8. The molecule has 2 aromatic carbocycles. The van der Waals surface area contributed by atoms with Crippen molar-refractivity contribution in [3.8, 4) is 0 Å². The van der Waals surface area contributed by atoms with Gasteiger partial charge in [-0.3, -0.25) is 20.2 Å². The third kappa shape index (κ3) is 2.66. The van der Waals surface area contributed by atoms with E-state index in [1.54, 1.807) is 0 Å². The molecular weight excluding hydrogens is 348 g/mol. The molecule has 9 heteroatoms. The van der Waals surface area contributed by atoms with Gasteiger partial charge >= 0.3 is 0 Å². The Morgan fingerprint density at radius 3 is 1.72 bits per heavy atom. The van der Waals surface area contributed by atoms with E-state index in [0.717, 1.165) is 0 Å². The molecule has 2 aromatic rings. The smallest absolute Gasteiger partial charge is 0.258 e. The second kappa shape index (κ2) is 5.92. The molecule has 0 aliphatic carbocycles. The fourth-order valence-electron chi connectivity index (χ4n) is 3.40. The van der Waals surface area contributed by atoms with Gasteiger partial charge in [-0.15, -0.1) is 0 Å². The van der Waals surface area contributed by atoms with Gasteiger partial charge in [0.05, 0.1) is 15.6 Å². The van der Waals surface area contributed by atoms with Gasteiger partial charge < -0.3 is 0 Å². The number of hydrogen-bond donors (Lipinski definition) is 0. The third-order valence-corrected chi connectivity index (χ3v) is 7.08. The first-order valence-corrected chi connectivity index (χ1v) is 9.15. The Kier molecular flexibility index (Phi) is 4.03. The molecule has 3 rings (SSSR count). The number of nitrogens with zero attached hydrogens (tertiary/aromatic N) is 2. The van der Waals surface area contributed by atoms with E-state index in [1.165, 1.54) is 48.5 Å². The van der Waals surface area contributed by atoms with Gasteiger partial charge in [0.25, 0.3) is 11.4 Å². The minimum Gasteiger partial charge on any atom is -0.258 e. The molecule has 1 saturated heterocycles. The molecule has 0 amide bonds. The maximum atomic E-state index is 12.9. The van der Waals surface area contributed by atoms with Crippen molar-refractivity contribution in [2.45, 2.75) is 17.6 Å². The van der Waals surface area contributed by atoms with Crippen LogP contribution in [0.4, 0.5) is 11.4 Å². The number of hydrogen-bond acceptors (Lipinski definition) is 6. The predicted octanol–water partition coefficient (Wildman–Crippen LogP) is 2.96. The molecule has 25 heavy (non-hydrogen) atoms. The molecule has 0 radical (unpaired) electrons. The minimum absolute atomic E-state index is 0.0710. The van der Waals surface area contributed by atoms with Gasteiger partial charge in [-0.05, 0) is 24.0 Å². The van der Waals surface area contributed by atoms with Crippen molar-refractivity contribution < 1.29 is 18.3 Å². The summed E-state index contributed by atoms with van der Waals surface area (Å²) < 4.78 is 24.3. The van der Waals surface area contributed by atoms with Gasteiger partial charge in [-0.1, -0.05) is 24.3 Å². The number of rotatable bonds is 4. The van der Waals surface area contributed by atoms with Crippen LogP contribution in [-0.2, 0) is 14.6 Å². The summed E-state index contributed by atoms with van der Waals surface area (Å²) in [5.41, 5.74) is 0.0909. The number of benzene rings is 2. The summed E-state index contributed by atoms with van der Waals surface area (Å²) in [6.07, 6.45) is 0.603. The van der Waals surface area contributed by atoms with Crippen molar-refractivity contribution in [2.75, 3.05) is 5.75 Å². The normalized spacial score (nSPS) is 17.9. The molecular formula is C16H14N2O6S. The van der Waals surface area contributed by atoms with Crippen LogP contribution in [0.1, 0.15) is 24.0 Å². The SMILES string of the molecule is O=[N+]([O-])c1cccc(C2(c3cccc([N+](=O)[O-])c3)CCCS2(=O)=O)c1. The van der Waals surface area contributed by atoms with Crippen LogP contribution >= 0.6 is 0 Å². The standard InChI is InChI=1S/C16H14N2O6S/c19-17(20)14-6-1-4-12(10-14)16(8-3-9-25(16,23)24)13-5-2-7-15(11-13)18(21)22/h1-2,4-7,10-11H,3,8-9H2. The van der Waals surface area contributed by atoms with Crippen molar-refractivity contribution >= 4 is 21.2 Å². The van der Waals surface area contributed by atoms with E-state index in [0.29, 0.717) is 6.42 Å². The van der Waals surface area contributed by atoms with Crippen molar-refractivity contribution in [1.29, 1.82) is 0 Å². The van der Waals surface area contributed by atoms with E-state index >= 15 is 0 Å². The molecule has 0 N–H and O–H groups in total. The van der Waals surface area contributed by atoms with E-state index in [-0.39, 0.29) is 34.7 Å². The zero-order chi connectivity index (χ0) is 18.2. The summed E-state index contributed by atoms with van der Waals surface area (Å²) in [5, 5.41) is 22.2. The molecule has 0 saturated carbocycles. The molecule has 1 aliphatic rings. The van der Waals surface area contributed by atoms with Crippen molar-refractivity contribution in [3.63, 3.8) is 0 Å². The molecule has 0 spiro atoms. The topological polar surface area (TPSA) is 120 Å². The molecule has 1 fully saturated rings. The summed E-state index contributed by atoms with van der Waals surface area (Å²) in [6.45, 7) is 0. The molecule has 0 unspecified atom stereocenters. The fourth-order valence-corrected chi connectivity index (χ4v) is 5.70. The zero-order valence-electron chi connectivity index (χ0n) is 13.0. The second-order valence-electron chi connectivity index (χ2n) is 5.86. The van der Waals surface area contributed by atoms with Gasteiger partial charge in [-0.2, -0.15) is 0 Å². The first kappa shape index (κ1) is 17.0. The summed E-state index contributed by atoms with van der Waals surface area (Å²) in [5.74, 6) is -0.0710. The van der Waals surface area contributed by atoms with Crippen LogP contribution in [0.3, 0.4) is 0 Å². The zero-order valence-corrected chi connectivity index (χ0v) is 13.8. The highest BCUT2D eigenvalue weighted by Gasteiger charge is 2.51. The van der Waals surface area contributed by atoms with Crippen LogP contribution < -0.4 is 0 Å². The highest BCUT2D eigenvalue weighted by atomic mass is 32.2. The molecule has 1 heterocycles. The third-order valence-electron chi connectivity index (χ3n) is 4.52. The lowest BCUT2D eigenvalue weighted by molar-refractivity contribution is -0.385. The second-order valence-corrected chi connectivity index (χ2v) is 8.20. The van der Waals surface area contributed by atoms with E-state index in [2.05, 4.69) is 0 Å². The largest absolute Gasteiger partial charge is 0.269 e. The quantitative estimate of drug-likeness (QED) is 0.609. The maximum absolute atomic E-state index is 12.9. The van der Waals surface area contributed by atoms with Gasteiger partial charge in [-0.25, -0.2) is 8.42 Å². The Hall–Kier alpha value is -2.81. The van der Waals surface area contributed by atoms with E-state index < -0.39 is 24.4 Å². The van der Waals surface area contributed by atoms with Gasteiger partial charge in [0.1, 0.15) is 4.75 Å². The van der Waals surface area contributed by atoms with Crippen LogP contribution in [0.25, 0.3) is 0 Å². The summed E-state index contributed by atoms with van der Waals surface area (Å²) in [6, 6.07) is 11.0. The Morgan fingerprint density at radius 2 is 1.36 bits per heavy atom. The molecule has 130 valence electrons. The Balaban J connectivity index is 2.30. The van der Waals surface area contributed by atoms with Crippen LogP contribution in [-0.4, -0.2) is 24.0 Å². The molecule has 8 nitrogen and oxygen atoms in total. The Morgan fingerprint density at radius 1 is 0.880 bits per heavy atom. The van der Waals surface area contributed by atoms with Gasteiger partial charge in [0.2, 0.25) is 0 Å². The molecule has 0 atom stereocenters. The summed E-state index contributed by atoms with van der Waals surface area (Å²) in [4.78, 5) is 21.0. The lowest BCUT2D eigenvalue weighted by Gasteiger charge is -2.29. The van der Waals surface area contributed by atoms with Crippen LogP contribution in [0.2, 0.25) is 0 Å². The number of nitro benzene ring substituents is 2. The maximum Gasteiger partial charge on any atom is 0.269 e.